The predicted molar refractivity (Wildman–Crippen MR) is 56.1 cm³/mol. The number of esters is 1. The molecule has 0 saturated heterocycles. The Morgan fingerprint density at radius 3 is 2.33 bits per heavy atom. The van der Waals surface area contributed by atoms with Crippen molar-refractivity contribution in [3.8, 4) is 0 Å². The molecule has 0 heterocycles. The SMILES string of the molecule is C=COC(=O)C(=C)CCCCCC(=O)O. The van der Waals surface area contributed by atoms with Crippen LogP contribution in [0.2, 0.25) is 0 Å². The molecule has 0 radical (unpaired) electrons. The molecule has 0 aliphatic carbocycles. The van der Waals surface area contributed by atoms with Crippen LogP contribution in [-0.2, 0) is 14.3 Å². The highest BCUT2D eigenvalue weighted by atomic mass is 16.5. The van der Waals surface area contributed by atoms with Crippen molar-refractivity contribution in [3.63, 3.8) is 0 Å². The molecule has 0 unspecified atom stereocenters. The van der Waals surface area contributed by atoms with Crippen molar-refractivity contribution < 1.29 is 19.4 Å². The average molecular weight is 212 g/mol. The molecule has 0 spiro atoms. The molecule has 0 aromatic carbocycles. The molecule has 4 heteroatoms. The standard InChI is InChI=1S/C11H16O4/c1-3-15-11(14)9(2)7-5-4-6-8-10(12)13/h3H,1-2,4-8H2,(H,12,13). The highest BCUT2D eigenvalue weighted by Crippen LogP contribution is 2.10. The Bertz CT molecular complexity index is 255. The van der Waals surface area contributed by atoms with Crippen molar-refractivity contribution in [3.05, 3.63) is 25.0 Å². The minimum absolute atomic E-state index is 0.170. The summed E-state index contributed by atoms with van der Waals surface area (Å²) in [5, 5.41) is 8.38. The van der Waals surface area contributed by atoms with Crippen molar-refractivity contribution >= 4 is 11.9 Å². The number of carbonyl (C=O) groups excluding carboxylic acids is 1. The zero-order valence-corrected chi connectivity index (χ0v) is 8.70. The van der Waals surface area contributed by atoms with Crippen molar-refractivity contribution in [2.45, 2.75) is 32.1 Å². The van der Waals surface area contributed by atoms with E-state index in [1.165, 1.54) is 0 Å². The molecule has 1 N–H and O–H groups in total. The van der Waals surface area contributed by atoms with E-state index in [0.717, 1.165) is 19.1 Å². The Balaban J connectivity index is 3.50. The Labute approximate surface area is 89.2 Å². The van der Waals surface area contributed by atoms with Gasteiger partial charge in [-0.2, -0.15) is 0 Å². The summed E-state index contributed by atoms with van der Waals surface area (Å²) in [6.07, 6.45) is 3.91. The van der Waals surface area contributed by atoms with E-state index in [1.807, 2.05) is 0 Å². The van der Waals surface area contributed by atoms with Crippen LogP contribution in [-0.4, -0.2) is 17.0 Å². The van der Waals surface area contributed by atoms with Crippen molar-refractivity contribution in [2.75, 3.05) is 0 Å². The summed E-state index contributed by atoms with van der Waals surface area (Å²) in [6, 6.07) is 0. The fourth-order valence-electron chi connectivity index (χ4n) is 1.05. The molecular weight excluding hydrogens is 196 g/mol. The number of ether oxygens (including phenoxy) is 1. The van der Waals surface area contributed by atoms with Gasteiger partial charge in [-0.25, -0.2) is 4.79 Å². The van der Waals surface area contributed by atoms with Crippen LogP contribution in [0.3, 0.4) is 0 Å². The number of rotatable bonds is 8. The summed E-state index contributed by atoms with van der Waals surface area (Å²) in [5.74, 6) is -1.26. The Hall–Kier alpha value is -1.58. The van der Waals surface area contributed by atoms with Gasteiger partial charge in [0.1, 0.15) is 0 Å². The largest absolute Gasteiger partial charge is 0.481 e. The number of hydrogen-bond acceptors (Lipinski definition) is 3. The molecule has 0 amide bonds. The van der Waals surface area contributed by atoms with Gasteiger partial charge in [-0.05, 0) is 19.3 Å². The first kappa shape index (κ1) is 13.4. The third-order valence-electron chi connectivity index (χ3n) is 1.85. The molecule has 0 aromatic rings. The molecule has 0 bridgehead atoms. The number of hydrogen-bond donors (Lipinski definition) is 1. The maximum Gasteiger partial charge on any atom is 0.338 e. The Kier molecular flexibility index (Phi) is 6.97. The van der Waals surface area contributed by atoms with Gasteiger partial charge in [0, 0.05) is 12.0 Å². The lowest BCUT2D eigenvalue weighted by atomic mass is 10.1. The zero-order chi connectivity index (χ0) is 11.7. The van der Waals surface area contributed by atoms with Crippen LogP contribution in [0.25, 0.3) is 0 Å². The van der Waals surface area contributed by atoms with Gasteiger partial charge in [-0.15, -0.1) is 0 Å². The molecule has 0 rings (SSSR count). The topological polar surface area (TPSA) is 63.6 Å². The lowest BCUT2D eigenvalue weighted by Crippen LogP contribution is -2.02. The van der Waals surface area contributed by atoms with Gasteiger partial charge in [-0.3, -0.25) is 4.79 Å². The first-order valence-corrected chi connectivity index (χ1v) is 4.79. The van der Waals surface area contributed by atoms with Gasteiger partial charge in [0.25, 0.3) is 0 Å². The predicted octanol–water partition coefficient (Wildman–Crippen LogP) is 2.26. The maximum atomic E-state index is 11.0. The van der Waals surface area contributed by atoms with Crippen molar-refractivity contribution in [1.29, 1.82) is 0 Å². The van der Waals surface area contributed by atoms with Crippen LogP contribution < -0.4 is 0 Å². The highest BCUT2D eigenvalue weighted by molar-refractivity contribution is 5.87. The lowest BCUT2D eigenvalue weighted by Gasteiger charge is -2.02. The Morgan fingerprint density at radius 1 is 1.20 bits per heavy atom. The quantitative estimate of drug-likeness (QED) is 0.290. The van der Waals surface area contributed by atoms with E-state index in [1.54, 1.807) is 0 Å². The maximum absolute atomic E-state index is 11.0. The molecule has 4 nitrogen and oxygen atoms in total. The van der Waals surface area contributed by atoms with Crippen LogP contribution in [0, 0.1) is 0 Å². The molecular formula is C11H16O4. The third kappa shape index (κ3) is 7.49. The normalized spacial score (nSPS) is 9.33. The third-order valence-corrected chi connectivity index (χ3v) is 1.85. The number of carbonyl (C=O) groups is 2. The highest BCUT2D eigenvalue weighted by Gasteiger charge is 2.06. The molecule has 0 aliphatic heterocycles. The molecule has 0 aliphatic rings. The van der Waals surface area contributed by atoms with E-state index in [2.05, 4.69) is 17.9 Å². The van der Waals surface area contributed by atoms with E-state index in [4.69, 9.17) is 5.11 Å². The fraction of sp³-hybridized carbons (Fsp3) is 0.455. The van der Waals surface area contributed by atoms with Gasteiger partial charge in [0.15, 0.2) is 0 Å². The number of aliphatic carboxylic acids is 1. The van der Waals surface area contributed by atoms with E-state index in [0.29, 0.717) is 18.4 Å². The number of unbranched alkanes of at least 4 members (excludes halogenated alkanes) is 2. The summed E-state index contributed by atoms with van der Waals surface area (Å²) in [5.41, 5.74) is 0.394. The smallest absolute Gasteiger partial charge is 0.338 e. The fourth-order valence-corrected chi connectivity index (χ4v) is 1.05. The molecule has 15 heavy (non-hydrogen) atoms. The minimum Gasteiger partial charge on any atom is -0.481 e. The van der Waals surface area contributed by atoms with E-state index in [-0.39, 0.29) is 6.42 Å². The van der Waals surface area contributed by atoms with Crippen LogP contribution in [0.15, 0.2) is 25.0 Å². The zero-order valence-electron chi connectivity index (χ0n) is 8.70. The van der Waals surface area contributed by atoms with Gasteiger partial charge < -0.3 is 9.84 Å². The van der Waals surface area contributed by atoms with Crippen LogP contribution in [0.4, 0.5) is 0 Å². The van der Waals surface area contributed by atoms with Crippen LogP contribution in [0.5, 0.6) is 0 Å². The Morgan fingerprint density at radius 2 is 1.80 bits per heavy atom. The van der Waals surface area contributed by atoms with Gasteiger partial charge in [0.05, 0.1) is 6.26 Å². The van der Waals surface area contributed by atoms with E-state index >= 15 is 0 Å². The monoisotopic (exact) mass is 212 g/mol. The summed E-state index contributed by atoms with van der Waals surface area (Å²) in [6.45, 7) is 6.83. The molecule has 0 aromatic heterocycles. The van der Waals surface area contributed by atoms with E-state index < -0.39 is 11.9 Å². The molecule has 0 fully saturated rings. The number of carboxylic acids is 1. The molecule has 0 atom stereocenters. The lowest BCUT2D eigenvalue weighted by molar-refractivity contribution is -0.137. The van der Waals surface area contributed by atoms with Crippen LogP contribution in [0.1, 0.15) is 32.1 Å². The van der Waals surface area contributed by atoms with E-state index in [9.17, 15) is 9.59 Å². The second-order valence-electron chi connectivity index (χ2n) is 3.13. The summed E-state index contributed by atoms with van der Waals surface area (Å²) >= 11 is 0. The second kappa shape index (κ2) is 7.79. The van der Waals surface area contributed by atoms with Gasteiger partial charge in [0.2, 0.25) is 0 Å². The van der Waals surface area contributed by atoms with Gasteiger partial charge >= 0.3 is 11.9 Å². The summed E-state index contributed by atoms with van der Waals surface area (Å²) < 4.78 is 4.53. The van der Waals surface area contributed by atoms with Gasteiger partial charge in [-0.1, -0.05) is 19.6 Å². The van der Waals surface area contributed by atoms with Crippen molar-refractivity contribution in [1.82, 2.24) is 0 Å². The minimum atomic E-state index is -0.792. The summed E-state index contributed by atoms with van der Waals surface area (Å²) in [7, 11) is 0. The molecule has 0 saturated carbocycles. The van der Waals surface area contributed by atoms with Crippen molar-refractivity contribution in [2.24, 2.45) is 0 Å². The first-order chi connectivity index (χ1) is 7.07. The second-order valence-corrected chi connectivity index (χ2v) is 3.13. The number of carboxylic acid groups (broad SMARTS) is 1. The summed E-state index contributed by atoms with van der Waals surface area (Å²) in [4.78, 5) is 21.2. The van der Waals surface area contributed by atoms with Crippen LogP contribution >= 0.6 is 0 Å². The molecule has 84 valence electrons. The first-order valence-electron chi connectivity index (χ1n) is 4.79. The average Bonchev–Trinajstić information content (AvgIpc) is 2.16.